The summed E-state index contributed by atoms with van der Waals surface area (Å²) in [6, 6.07) is 19.4. The maximum Gasteiger partial charge on any atom is 0.339 e. The summed E-state index contributed by atoms with van der Waals surface area (Å²) in [4.78, 5) is 22.3. The zero-order chi connectivity index (χ0) is 22.9. The Morgan fingerprint density at radius 3 is 2.25 bits per heavy atom. The second-order valence-corrected chi connectivity index (χ2v) is 9.20. The van der Waals surface area contributed by atoms with Gasteiger partial charge in [-0.1, -0.05) is 57.2 Å². The molecule has 0 aliphatic rings. The van der Waals surface area contributed by atoms with Gasteiger partial charge >= 0.3 is 5.97 Å². The van der Waals surface area contributed by atoms with E-state index >= 15 is 0 Å². The number of hydrogen-bond donors (Lipinski definition) is 0. The van der Waals surface area contributed by atoms with E-state index in [9.17, 15) is 4.79 Å². The highest BCUT2D eigenvalue weighted by Gasteiger charge is 2.19. The van der Waals surface area contributed by atoms with E-state index in [1.807, 2.05) is 42.5 Å². The fraction of sp³-hybridized carbons (Fsp3) is 0.250. The Morgan fingerprint density at radius 2 is 1.59 bits per heavy atom. The van der Waals surface area contributed by atoms with Gasteiger partial charge in [0.25, 0.3) is 0 Å². The first-order valence-corrected chi connectivity index (χ1v) is 10.8. The number of hydrogen-bond acceptors (Lipinski definition) is 4. The monoisotopic (exact) mass is 424 g/mol. The Balaban J connectivity index is 1.66. The third-order valence-electron chi connectivity index (χ3n) is 5.77. The molecule has 4 heteroatoms. The second kappa shape index (κ2) is 8.54. The number of carbonyl (C=O) groups is 1. The molecule has 0 fully saturated rings. The number of para-hydroxylation sites is 1. The summed E-state index contributed by atoms with van der Waals surface area (Å²) in [6.45, 7) is 11.0. The molecule has 4 rings (SSSR count). The van der Waals surface area contributed by atoms with Gasteiger partial charge in [0.05, 0.1) is 22.5 Å². The molecule has 2 heterocycles. The van der Waals surface area contributed by atoms with E-state index in [0.29, 0.717) is 11.3 Å². The van der Waals surface area contributed by atoms with Crippen molar-refractivity contribution in [1.82, 2.24) is 9.97 Å². The van der Waals surface area contributed by atoms with E-state index in [1.165, 1.54) is 5.56 Å². The summed E-state index contributed by atoms with van der Waals surface area (Å²) in [6.07, 6.45) is 1.72. The van der Waals surface area contributed by atoms with Crippen LogP contribution in [0.1, 0.15) is 53.4 Å². The number of carbonyl (C=O) groups excluding carboxylic acids is 1. The molecular weight excluding hydrogens is 396 g/mol. The van der Waals surface area contributed by atoms with Crippen LogP contribution in [0.15, 0.2) is 66.9 Å². The summed E-state index contributed by atoms with van der Waals surface area (Å²) >= 11 is 0. The van der Waals surface area contributed by atoms with Crippen molar-refractivity contribution in [2.75, 3.05) is 0 Å². The first-order chi connectivity index (χ1) is 15.2. The maximum absolute atomic E-state index is 13.2. The Labute approximate surface area is 189 Å². The van der Waals surface area contributed by atoms with Crippen molar-refractivity contribution in [3.05, 3.63) is 94.7 Å². The van der Waals surface area contributed by atoms with Crippen molar-refractivity contribution in [2.24, 2.45) is 0 Å². The molecule has 0 atom stereocenters. The molecule has 0 unspecified atom stereocenters. The molecule has 0 saturated carbocycles. The minimum absolute atomic E-state index is 0.0720. The van der Waals surface area contributed by atoms with Gasteiger partial charge in [-0.2, -0.15) is 0 Å². The van der Waals surface area contributed by atoms with Crippen LogP contribution in [0.2, 0.25) is 0 Å². The standard InChI is InChI=1S/C28H28N2O2/c1-18-14-20(28(3,4)5)15-19(2)23(18)17-32-27(31)22-16-26(25-12-8-9-13-29-25)30-24-11-7-6-10-21(22)24/h6-16H,17H2,1-5H3. The SMILES string of the molecule is Cc1cc(C(C)(C)C)cc(C)c1COC(=O)c1cc(-c2ccccn2)nc2ccccc12. The lowest BCUT2D eigenvalue weighted by molar-refractivity contribution is 0.0474. The van der Waals surface area contributed by atoms with Gasteiger partial charge in [0, 0.05) is 11.6 Å². The van der Waals surface area contributed by atoms with Crippen LogP contribution in [0, 0.1) is 13.8 Å². The molecule has 0 radical (unpaired) electrons. The predicted octanol–water partition coefficient (Wildman–Crippen LogP) is 6.57. The number of aryl methyl sites for hydroxylation is 2. The van der Waals surface area contributed by atoms with Gasteiger partial charge in [0.15, 0.2) is 0 Å². The number of fused-ring (bicyclic) bond motifs is 1. The molecule has 0 amide bonds. The quantitative estimate of drug-likeness (QED) is 0.348. The molecule has 4 aromatic rings. The lowest BCUT2D eigenvalue weighted by atomic mass is 9.84. The van der Waals surface area contributed by atoms with E-state index < -0.39 is 0 Å². The number of pyridine rings is 2. The van der Waals surface area contributed by atoms with Crippen LogP contribution in [0.5, 0.6) is 0 Å². The predicted molar refractivity (Wildman–Crippen MR) is 129 cm³/mol. The molecule has 4 nitrogen and oxygen atoms in total. The molecular formula is C28H28N2O2. The summed E-state index contributed by atoms with van der Waals surface area (Å²) in [7, 11) is 0. The Kier molecular flexibility index (Phi) is 5.79. The highest BCUT2D eigenvalue weighted by atomic mass is 16.5. The van der Waals surface area contributed by atoms with E-state index in [4.69, 9.17) is 9.72 Å². The third kappa shape index (κ3) is 4.40. The normalized spacial score (nSPS) is 11.5. The Hall–Kier alpha value is -3.53. The topological polar surface area (TPSA) is 52.1 Å². The Bertz CT molecular complexity index is 1270. The van der Waals surface area contributed by atoms with Gasteiger partial charge in [-0.05, 0) is 65.8 Å². The number of aromatic nitrogens is 2. The van der Waals surface area contributed by atoms with E-state index in [1.54, 1.807) is 12.3 Å². The van der Waals surface area contributed by atoms with Gasteiger partial charge in [-0.25, -0.2) is 9.78 Å². The van der Waals surface area contributed by atoms with Crippen LogP contribution in [0.4, 0.5) is 0 Å². The van der Waals surface area contributed by atoms with Crippen LogP contribution in [0.25, 0.3) is 22.3 Å². The first-order valence-electron chi connectivity index (χ1n) is 10.8. The molecule has 0 aliphatic heterocycles. The van der Waals surface area contributed by atoms with Crippen LogP contribution in [0.3, 0.4) is 0 Å². The van der Waals surface area contributed by atoms with E-state index in [-0.39, 0.29) is 18.0 Å². The number of ether oxygens (including phenoxy) is 1. The number of benzene rings is 2. The molecule has 0 N–H and O–H groups in total. The summed E-state index contributed by atoms with van der Waals surface area (Å²) in [5, 5.41) is 0.772. The average molecular weight is 425 g/mol. The number of esters is 1. The second-order valence-electron chi connectivity index (χ2n) is 9.20. The zero-order valence-electron chi connectivity index (χ0n) is 19.3. The first kappa shape index (κ1) is 21.7. The minimum Gasteiger partial charge on any atom is -0.457 e. The summed E-state index contributed by atoms with van der Waals surface area (Å²) in [5.74, 6) is -0.362. The van der Waals surface area contributed by atoms with E-state index in [2.05, 4.69) is 51.7 Å². The van der Waals surface area contributed by atoms with Gasteiger partial charge < -0.3 is 4.74 Å². The molecule has 2 aromatic heterocycles. The van der Waals surface area contributed by atoms with Gasteiger partial charge in [-0.3, -0.25) is 4.98 Å². The van der Waals surface area contributed by atoms with Crippen molar-refractivity contribution < 1.29 is 9.53 Å². The number of rotatable bonds is 4. The molecule has 32 heavy (non-hydrogen) atoms. The van der Waals surface area contributed by atoms with Gasteiger partial charge in [0.2, 0.25) is 0 Å². The van der Waals surface area contributed by atoms with E-state index in [0.717, 1.165) is 33.3 Å². The van der Waals surface area contributed by atoms with Crippen molar-refractivity contribution in [1.29, 1.82) is 0 Å². The molecule has 0 spiro atoms. The highest BCUT2D eigenvalue weighted by molar-refractivity contribution is 6.04. The molecule has 0 aliphatic carbocycles. The van der Waals surface area contributed by atoms with Crippen LogP contribution >= 0.6 is 0 Å². The highest BCUT2D eigenvalue weighted by Crippen LogP contribution is 2.28. The van der Waals surface area contributed by atoms with Crippen molar-refractivity contribution in [3.63, 3.8) is 0 Å². The van der Waals surface area contributed by atoms with Gasteiger partial charge in [0.1, 0.15) is 6.61 Å². The van der Waals surface area contributed by atoms with Crippen LogP contribution < -0.4 is 0 Å². The van der Waals surface area contributed by atoms with Crippen molar-refractivity contribution in [2.45, 2.75) is 46.6 Å². The van der Waals surface area contributed by atoms with Crippen LogP contribution in [-0.2, 0) is 16.8 Å². The summed E-state index contributed by atoms with van der Waals surface area (Å²) < 4.78 is 5.81. The molecule has 0 saturated heterocycles. The number of nitrogens with zero attached hydrogens (tertiary/aromatic N) is 2. The fourth-order valence-corrected chi connectivity index (χ4v) is 3.86. The fourth-order valence-electron chi connectivity index (χ4n) is 3.86. The smallest absolute Gasteiger partial charge is 0.339 e. The summed E-state index contributed by atoms with van der Waals surface area (Å²) in [5.41, 5.74) is 7.28. The Morgan fingerprint density at radius 1 is 0.906 bits per heavy atom. The maximum atomic E-state index is 13.2. The lowest BCUT2D eigenvalue weighted by Crippen LogP contribution is -2.13. The minimum atomic E-state index is -0.362. The van der Waals surface area contributed by atoms with Crippen LogP contribution in [-0.4, -0.2) is 15.9 Å². The average Bonchev–Trinajstić information content (AvgIpc) is 2.77. The van der Waals surface area contributed by atoms with Crippen molar-refractivity contribution in [3.8, 4) is 11.4 Å². The molecule has 0 bridgehead atoms. The largest absolute Gasteiger partial charge is 0.457 e. The van der Waals surface area contributed by atoms with Crippen molar-refractivity contribution >= 4 is 16.9 Å². The lowest BCUT2D eigenvalue weighted by Gasteiger charge is -2.22. The zero-order valence-corrected chi connectivity index (χ0v) is 19.3. The van der Waals surface area contributed by atoms with Gasteiger partial charge in [-0.15, -0.1) is 0 Å². The molecule has 162 valence electrons. The third-order valence-corrected chi connectivity index (χ3v) is 5.77. The molecule has 2 aromatic carbocycles.